The number of likely N-dealkylation sites (N-methyl/N-ethyl adjacent to an activating group) is 1. The summed E-state index contributed by atoms with van der Waals surface area (Å²) in [6.45, 7) is 2.49. The largest absolute Gasteiger partial charge is 0.508 e. The molecule has 0 aliphatic carbocycles. The van der Waals surface area contributed by atoms with Crippen molar-refractivity contribution in [1.82, 2.24) is 4.90 Å². The number of aromatic hydroxyl groups is 1. The van der Waals surface area contributed by atoms with Crippen molar-refractivity contribution in [3.8, 4) is 11.5 Å². The molecule has 4 nitrogen and oxygen atoms in total. The van der Waals surface area contributed by atoms with Crippen LogP contribution in [0.1, 0.15) is 30.9 Å². The number of fused-ring (bicyclic) bond motifs is 1. The third kappa shape index (κ3) is 2.69. The molecule has 0 saturated carbocycles. The Balaban J connectivity index is 1.67. The third-order valence-electron chi connectivity index (χ3n) is 4.05. The summed E-state index contributed by atoms with van der Waals surface area (Å²) in [6, 6.07) is 5.65. The van der Waals surface area contributed by atoms with Crippen LogP contribution < -0.4 is 4.74 Å². The first kappa shape index (κ1) is 12.8. The van der Waals surface area contributed by atoms with Gasteiger partial charge < -0.3 is 14.6 Å². The second kappa shape index (κ2) is 5.39. The first-order valence-electron chi connectivity index (χ1n) is 7.01. The van der Waals surface area contributed by atoms with Gasteiger partial charge in [-0.15, -0.1) is 0 Å². The number of hydrogen-bond acceptors (Lipinski definition) is 4. The fourth-order valence-corrected chi connectivity index (χ4v) is 2.95. The van der Waals surface area contributed by atoms with Gasteiger partial charge in [-0.25, -0.2) is 0 Å². The van der Waals surface area contributed by atoms with Crippen molar-refractivity contribution in [1.29, 1.82) is 0 Å². The molecule has 3 rings (SSSR count). The molecule has 2 aliphatic rings. The minimum Gasteiger partial charge on any atom is -0.508 e. The van der Waals surface area contributed by atoms with Crippen LogP contribution in [-0.2, 0) is 4.74 Å². The van der Waals surface area contributed by atoms with Gasteiger partial charge in [-0.1, -0.05) is 0 Å². The lowest BCUT2D eigenvalue weighted by Gasteiger charge is -2.30. The second-order valence-corrected chi connectivity index (χ2v) is 5.48. The van der Waals surface area contributed by atoms with Crippen LogP contribution in [-0.4, -0.2) is 42.9 Å². The molecule has 1 saturated heterocycles. The maximum Gasteiger partial charge on any atom is 0.127 e. The zero-order valence-corrected chi connectivity index (χ0v) is 11.3. The van der Waals surface area contributed by atoms with Crippen molar-refractivity contribution < 1.29 is 14.6 Å². The fourth-order valence-electron chi connectivity index (χ4n) is 2.95. The molecule has 19 heavy (non-hydrogen) atoms. The van der Waals surface area contributed by atoms with Crippen LogP contribution in [0.3, 0.4) is 0 Å². The van der Waals surface area contributed by atoms with Crippen molar-refractivity contribution in [3.05, 3.63) is 23.8 Å². The standard InChI is InChI=1S/C15H21NO3/c1-16(9-12-4-2-3-7-18-12)14-10-19-15-8-11(17)5-6-13(14)15/h5-6,8,12,14,17H,2-4,7,9-10H2,1H3. The highest BCUT2D eigenvalue weighted by Crippen LogP contribution is 2.37. The molecule has 4 heteroatoms. The first-order chi connectivity index (χ1) is 9.24. The Hall–Kier alpha value is -1.26. The molecule has 0 bridgehead atoms. The summed E-state index contributed by atoms with van der Waals surface area (Å²) in [6.07, 6.45) is 3.96. The molecule has 1 N–H and O–H groups in total. The van der Waals surface area contributed by atoms with Gasteiger partial charge in [0.2, 0.25) is 0 Å². The van der Waals surface area contributed by atoms with Gasteiger partial charge in [0.25, 0.3) is 0 Å². The first-order valence-corrected chi connectivity index (χ1v) is 7.01. The number of rotatable bonds is 3. The average Bonchev–Trinajstić information content (AvgIpc) is 2.82. The van der Waals surface area contributed by atoms with Gasteiger partial charge in [-0.05, 0) is 38.4 Å². The lowest BCUT2D eigenvalue weighted by Crippen LogP contribution is -2.36. The summed E-state index contributed by atoms with van der Waals surface area (Å²) in [5, 5.41) is 9.47. The molecule has 0 amide bonds. The molecule has 0 spiro atoms. The van der Waals surface area contributed by atoms with Gasteiger partial charge in [0.15, 0.2) is 0 Å². The van der Waals surface area contributed by atoms with Gasteiger partial charge in [0.1, 0.15) is 18.1 Å². The summed E-state index contributed by atoms with van der Waals surface area (Å²) in [7, 11) is 2.12. The van der Waals surface area contributed by atoms with Gasteiger partial charge in [-0.2, -0.15) is 0 Å². The normalized spacial score (nSPS) is 26.2. The number of ether oxygens (including phenoxy) is 2. The highest BCUT2D eigenvalue weighted by molar-refractivity contribution is 5.44. The summed E-state index contributed by atoms with van der Waals surface area (Å²) in [5.74, 6) is 1.07. The van der Waals surface area contributed by atoms with E-state index in [0.717, 1.165) is 30.9 Å². The van der Waals surface area contributed by atoms with Crippen LogP contribution in [0.25, 0.3) is 0 Å². The van der Waals surface area contributed by atoms with Gasteiger partial charge in [-0.3, -0.25) is 4.90 Å². The van der Waals surface area contributed by atoms with E-state index in [2.05, 4.69) is 11.9 Å². The monoisotopic (exact) mass is 263 g/mol. The predicted octanol–water partition coefficient (Wildman–Crippen LogP) is 2.33. The van der Waals surface area contributed by atoms with Crippen molar-refractivity contribution in [2.45, 2.75) is 31.4 Å². The highest BCUT2D eigenvalue weighted by Gasteiger charge is 2.29. The van der Waals surface area contributed by atoms with E-state index < -0.39 is 0 Å². The van der Waals surface area contributed by atoms with Crippen LogP contribution in [0.15, 0.2) is 18.2 Å². The Morgan fingerprint density at radius 2 is 2.26 bits per heavy atom. The number of hydrogen-bond donors (Lipinski definition) is 1. The molecular formula is C15H21NO3. The third-order valence-corrected chi connectivity index (χ3v) is 4.05. The number of phenols is 1. The quantitative estimate of drug-likeness (QED) is 0.909. The highest BCUT2D eigenvalue weighted by atomic mass is 16.5. The molecule has 2 aliphatic heterocycles. The second-order valence-electron chi connectivity index (χ2n) is 5.48. The van der Waals surface area contributed by atoms with Crippen molar-refractivity contribution >= 4 is 0 Å². The number of phenolic OH excluding ortho intramolecular Hbond substituents is 1. The summed E-state index contributed by atoms with van der Waals surface area (Å²) in [4.78, 5) is 2.30. The van der Waals surface area contributed by atoms with Gasteiger partial charge >= 0.3 is 0 Å². The minimum atomic E-state index is 0.262. The Labute approximate surface area is 113 Å². The van der Waals surface area contributed by atoms with Crippen LogP contribution >= 0.6 is 0 Å². The molecular weight excluding hydrogens is 242 g/mol. The molecule has 104 valence electrons. The Morgan fingerprint density at radius 3 is 3.05 bits per heavy atom. The topological polar surface area (TPSA) is 41.9 Å². The Morgan fingerprint density at radius 1 is 1.37 bits per heavy atom. The minimum absolute atomic E-state index is 0.262. The van der Waals surface area contributed by atoms with Gasteiger partial charge in [0, 0.05) is 24.8 Å². The van der Waals surface area contributed by atoms with E-state index in [1.807, 2.05) is 6.07 Å². The van der Waals surface area contributed by atoms with E-state index in [1.54, 1.807) is 12.1 Å². The zero-order chi connectivity index (χ0) is 13.2. The maximum absolute atomic E-state index is 9.47. The van der Waals surface area contributed by atoms with E-state index in [0.29, 0.717) is 12.7 Å². The zero-order valence-electron chi connectivity index (χ0n) is 11.3. The lowest BCUT2D eigenvalue weighted by atomic mass is 10.0. The molecule has 0 aromatic heterocycles. The smallest absolute Gasteiger partial charge is 0.127 e. The maximum atomic E-state index is 9.47. The molecule has 2 unspecified atom stereocenters. The van der Waals surface area contributed by atoms with Crippen molar-refractivity contribution in [3.63, 3.8) is 0 Å². The average molecular weight is 263 g/mol. The molecule has 0 radical (unpaired) electrons. The molecule has 1 aromatic rings. The van der Waals surface area contributed by atoms with Gasteiger partial charge in [0.05, 0.1) is 12.1 Å². The lowest BCUT2D eigenvalue weighted by molar-refractivity contribution is -0.00960. The van der Waals surface area contributed by atoms with Crippen LogP contribution in [0, 0.1) is 0 Å². The SMILES string of the molecule is CN(CC1CCCCO1)C1COc2cc(O)ccc21. The Kier molecular flexibility index (Phi) is 3.62. The van der Waals surface area contributed by atoms with Crippen LogP contribution in [0.5, 0.6) is 11.5 Å². The molecule has 2 heterocycles. The van der Waals surface area contributed by atoms with Crippen LogP contribution in [0.2, 0.25) is 0 Å². The van der Waals surface area contributed by atoms with E-state index >= 15 is 0 Å². The predicted molar refractivity (Wildman–Crippen MR) is 72.6 cm³/mol. The van der Waals surface area contributed by atoms with Crippen molar-refractivity contribution in [2.75, 3.05) is 26.8 Å². The number of nitrogens with zero attached hydrogens (tertiary/aromatic N) is 1. The van der Waals surface area contributed by atoms with E-state index in [9.17, 15) is 5.11 Å². The number of benzene rings is 1. The van der Waals surface area contributed by atoms with Crippen molar-refractivity contribution in [2.24, 2.45) is 0 Å². The molecule has 1 aromatic carbocycles. The Bertz CT molecular complexity index is 443. The summed E-state index contributed by atoms with van der Waals surface area (Å²) in [5.41, 5.74) is 1.16. The molecule has 2 atom stereocenters. The van der Waals surface area contributed by atoms with E-state index in [-0.39, 0.29) is 11.8 Å². The fraction of sp³-hybridized carbons (Fsp3) is 0.600. The van der Waals surface area contributed by atoms with Crippen LogP contribution in [0.4, 0.5) is 0 Å². The molecule has 1 fully saturated rings. The summed E-state index contributed by atoms with van der Waals surface area (Å²) >= 11 is 0. The van der Waals surface area contributed by atoms with E-state index in [1.165, 1.54) is 12.8 Å². The summed E-state index contributed by atoms with van der Waals surface area (Å²) < 4.78 is 11.5. The van der Waals surface area contributed by atoms with E-state index in [4.69, 9.17) is 9.47 Å².